The second-order valence-electron chi connectivity index (χ2n) is 7.99. The van der Waals surface area contributed by atoms with Crippen molar-refractivity contribution in [2.75, 3.05) is 37.0 Å². The molecule has 0 spiro atoms. The number of methoxy groups -OCH3 is 1. The molecule has 2 aliphatic heterocycles. The van der Waals surface area contributed by atoms with Crippen LogP contribution in [0, 0.1) is 0 Å². The van der Waals surface area contributed by atoms with Gasteiger partial charge in [0.15, 0.2) is 0 Å². The highest BCUT2D eigenvalue weighted by Crippen LogP contribution is 2.27. The molecule has 1 fully saturated rings. The fourth-order valence-corrected chi connectivity index (χ4v) is 4.00. The molecule has 1 amide bonds. The Kier molecular flexibility index (Phi) is 5.67. The Labute approximate surface area is 172 Å². The maximum Gasteiger partial charge on any atom is 0.274 e. The second-order valence-corrected chi connectivity index (χ2v) is 7.99. The number of hydrogen-bond acceptors (Lipinski definition) is 6. The monoisotopic (exact) mass is 395 g/mol. The van der Waals surface area contributed by atoms with Crippen LogP contribution in [0.4, 0.5) is 11.6 Å². The Bertz CT molecular complexity index is 893. The zero-order chi connectivity index (χ0) is 20.4. The molecule has 4 rings (SSSR count). The topological polar surface area (TPSA) is 70.6 Å². The van der Waals surface area contributed by atoms with Crippen LogP contribution in [-0.4, -0.2) is 53.6 Å². The van der Waals surface area contributed by atoms with Crippen molar-refractivity contribution >= 4 is 17.5 Å². The predicted molar refractivity (Wildman–Crippen MR) is 114 cm³/mol. The van der Waals surface area contributed by atoms with Crippen LogP contribution in [0.25, 0.3) is 0 Å². The number of carbonyl (C=O) groups excluding carboxylic acids is 1. The molecule has 0 radical (unpaired) electrons. The molecule has 1 saturated heterocycles. The van der Waals surface area contributed by atoms with Crippen LogP contribution < -0.4 is 15.0 Å². The summed E-state index contributed by atoms with van der Waals surface area (Å²) in [6.07, 6.45) is 3.14. The number of fused-ring (bicyclic) bond motifs is 1. The van der Waals surface area contributed by atoms with Crippen LogP contribution in [0.5, 0.6) is 5.75 Å². The summed E-state index contributed by atoms with van der Waals surface area (Å²) >= 11 is 0. The standard InChI is InChI=1S/C22H29N5O2/c1-15(2)27-12-9-19-18(14-27)20(25-22(24-19)26-10-4-5-11-26)21(28)23-16-7-6-8-17(13-16)29-3/h6-8,13,15H,4-5,9-12,14H2,1-3H3,(H,23,28). The minimum absolute atomic E-state index is 0.192. The van der Waals surface area contributed by atoms with Crippen LogP contribution in [-0.2, 0) is 13.0 Å². The lowest BCUT2D eigenvalue weighted by atomic mass is 10.0. The maximum absolute atomic E-state index is 13.3. The van der Waals surface area contributed by atoms with Gasteiger partial charge in [-0.15, -0.1) is 0 Å². The van der Waals surface area contributed by atoms with E-state index in [-0.39, 0.29) is 5.91 Å². The number of hydrogen-bond donors (Lipinski definition) is 1. The average molecular weight is 396 g/mol. The summed E-state index contributed by atoms with van der Waals surface area (Å²) in [5.74, 6) is 1.20. The van der Waals surface area contributed by atoms with Gasteiger partial charge in [0, 0.05) is 56.0 Å². The van der Waals surface area contributed by atoms with Gasteiger partial charge in [-0.05, 0) is 38.8 Å². The van der Waals surface area contributed by atoms with Crippen molar-refractivity contribution in [2.45, 2.75) is 45.7 Å². The summed E-state index contributed by atoms with van der Waals surface area (Å²) in [6, 6.07) is 7.80. The molecular formula is C22H29N5O2. The summed E-state index contributed by atoms with van der Waals surface area (Å²) in [6.45, 7) is 7.93. The van der Waals surface area contributed by atoms with Crippen molar-refractivity contribution in [3.63, 3.8) is 0 Å². The highest BCUT2D eigenvalue weighted by Gasteiger charge is 2.28. The minimum atomic E-state index is -0.192. The van der Waals surface area contributed by atoms with Crippen LogP contribution in [0.1, 0.15) is 48.4 Å². The summed E-state index contributed by atoms with van der Waals surface area (Å²) in [5, 5.41) is 3.00. The molecular weight excluding hydrogens is 366 g/mol. The number of anilines is 2. The molecule has 1 aromatic heterocycles. The average Bonchev–Trinajstić information content (AvgIpc) is 3.27. The SMILES string of the molecule is COc1cccc(NC(=O)c2nc(N3CCCC3)nc3c2CN(C(C)C)CC3)c1. The Morgan fingerprint density at radius 3 is 2.69 bits per heavy atom. The van der Waals surface area contributed by atoms with Gasteiger partial charge >= 0.3 is 0 Å². The number of nitrogens with zero attached hydrogens (tertiary/aromatic N) is 4. The van der Waals surface area contributed by atoms with E-state index in [1.807, 2.05) is 24.3 Å². The van der Waals surface area contributed by atoms with Crippen molar-refractivity contribution in [3.05, 3.63) is 41.2 Å². The molecule has 0 atom stereocenters. The minimum Gasteiger partial charge on any atom is -0.497 e. The third-order valence-electron chi connectivity index (χ3n) is 5.74. The zero-order valence-corrected chi connectivity index (χ0v) is 17.4. The molecule has 7 nitrogen and oxygen atoms in total. The van der Waals surface area contributed by atoms with Crippen LogP contribution in [0.3, 0.4) is 0 Å². The summed E-state index contributed by atoms with van der Waals surface area (Å²) in [7, 11) is 1.62. The molecule has 1 aromatic carbocycles. The molecule has 1 N–H and O–H groups in total. The van der Waals surface area contributed by atoms with Gasteiger partial charge in [0.05, 0.1) is 12.8 Å². The first kappa shape index (κ1) is 19.6. The van der Waals surface area contributed by atoms with Crippen LogP contribution in [0.2, 0.25) is 0 Å². The van der Waals surface area contributed by atoms with Crippen molar-refractivity contribution in [2.24, 2.45) is 0 Å². The van der Waals surface area contributed by atoms with Gasteiger partial charge in [-0.1, -0.05) is 6.07 Å². The predicted octanol–water partition coefficient (Wildman–Crippen LogP) is 3.10. The number of carbonyl (C=O) groups is 1. The highest BCUT2D eigenvalue weighted by molar-refractivity contribution is 6.04. The van der Waals surface area contributed by atoms with E-state index in [4.69, 9.17) is 14.7 Å². The lowest BCUT2D eigenvalue weighted by molar-refractivity contribution is 0.101. The lowest BCUT2D eigenvalue weighted by Gasteiger charge is -2.32. The van der Waals surface area contributed by atoms with Crippen molar-refractivity contribution in [1.29, 1.82) is 0 Å². The van der Waals surface area contributed by atoms with Gasteiger partial charge in [0.25, 0.3) is 5.91 Å². The molecule has 2 aromatic rings. The molecule has 0 saturated carbocycles. The van der Waals surface area contributed by atoms with Gasteiger partial charge in [-0.2, -0.15) is 0 Å². The van der Waals surface area contributed by atoms with Gasteiger partial charge in [-0.25, -0.2) is 9.97 Å². The summed E-state index contributed by atoms with van der Waals surface area (Å²) in [5.41, 5.74) is 3.15. The van der Waals surface area contributed by atoms with Crippen LogP contribution >= 0.6 is 0 Å². The third-order valence-corrected chi connectivity index (χ3v) is 5.74. The molecule has 0 aliphatic carbocycles. The van der Waals surface area contributed by atoms with Crippen molar-refractivity contribution in [1.82, 2.24) is 14.9 Å². The van der Waals surface area contributed by atoms with Gasteiger partial charge < -0.3 is 15.0 Å². The van der Waals surface area contributed by atoms with E-state index in [2.05, 4.69) is 29.0 Å². The zero-order valence-electron chi connectivity index (χ0n) is 17.4. The van der Waals surface area contributed by atoms with E-state index in [1.165, 1.54) is 0 Å². The van der Waals surface area contributed by atoms with Gasteiger partial charge in [0.2, 0.25) is 5.95 Å². The molecule has 3 heterocycles. The number of rotatable bonds is 5. The number of benzene rings is 1. The van der Waals surface area contributed by atoms with Crippen LogP contribution in [0.15, 0.2) is 24.3 Å². The second kappa shape index (κ2) is 8.37. The quantitative estimate of drug-likeness (QED) is 0.839. The highest BCUT2D eigenvalue weighted by atomic mass is 16.5. The molecule has 154 valence electrons. The molecule has 29 heavy (non-hydrogen) atoms. The Balaban J connectivity index is 1.69. The largest absolute Gasteiger partial charge is 0.497 e. The van der Waals surface area contributed by atoms with Gasteiger partial charge in [-0.3, -0.25) is 9.69 Å². The first-order valence-corrected chi connectivity index (χ1v) is 10.4. The molecule has 0 unspecified atom stereocenters. The fourth-order valence-electron chi connectivity index (χ4n) is 4.00. The normalized spacial score (nSPS) is 16.8. The smallest absolute Gasteiger partial charge is 0.274 e. The van der Waals surface area contributed by atoms with E-state index >= 15 is 0 Å². The lowest BCUT2D eigenvalue weighted by Crippen LogP contribution is -2.38. The van der Waals surface area contributed by atoms with E-state index in [0.29, 0.717) is 35.7 Å². The number of ether oxygens (including phenoxy) is 1. The first-order valence-electron chi connectivity index (χ1n) is 10.4. The molecule has 2 aliphatic rings. The molecule has 0 bridgehead atoms. The van der Waals surface area contributed by atoms with Gasteiger partial charge in [0.1, 0.15) is 11.4 Å². The molecule has 7 heteroatoms. The maximum atomic E-state index is 13.3. The van der Waals surface area contributed by atoms with Crippen molar-refractivity contribution < 1.29 is 9.53 Å². The van der Waals surface area contributed by atoms with E-state index in [1.54, 1.807) is 7.11 Å². The number of amides is 1. The fraction of sp³-hybridized carbons (Fsp3) is 0.500. The Hall–Kier alpha value is -2.67. The summed E-state index contributed by atoms with van der Waals surface area (Å²) in [4.78, 5) is 27.4. The van der Waals surface area contributed by atoms with E-state index in [9.17, 15) is 4.79 Å². The Morgan fingerprint density at radius 1 is 1.17 bits per heavy atom. The van der Waals surface area contributed by atoms with E-state index < -0.39 is 0 Å². The number of aromatic nitrogens is 2. The third kappa shape index (κ3) is 4.19. The number of nitrogens with one attached hydrogen (secondary N) is 1. The first-order chi connectivity index (χ1) is 14.0. The van der Waals surface area contributed by atoms with Crippen molar-refractivity contribution in [3.8, 4) is 5.75 Å². The van der Waals surface area contributed by atoms with E-state index in [0.717, 1.165) is 50.2 Å². The summed E-state index contributed by atoms with van der Waals surface area (Å²) < 4.78 is 5.27. The Morgan fingerprint density at radius 2 is 1.97 bits per heavy atom.